The molecule has 0 radical (unpaired) electrons. The van der Waals surface area contributed by atoms with E-state index in [0.29, 0.717) is 5.92 Å². The van der Waals surface area contributed by atoms with Crippen LogP contribution in [0.15, 0.2) is 24.4 Å². The molecule has 1 aromatic rings. The van der Waals surface area contributed by atoms with Gasteiger partial charge in [0, 0.05) is 23.2 Å². The zero-order valence-corrected chi connectivity index (χ0v) is 8.96. The first kappa shape index (κ1) is 10.5. The molecule has 0 aliphatic heterocycles. The Hall–Kier alpha value is -0.560. The van der Waals surface area contributed by atoms with E-state index in [0.717, 1.165) is 18.5 Å². The summed E-state index contributed by atoms with van der Waals surface area (Å²) in [5.74, 6) is 0.350. The second kappa shape index (κ2) is 5.23. The number of nitrogens with zero attached hydrogens (tertiary/aromatic N) is 1. The molecule has 1 nitrogen and oxygen atoms in total. The van der Waals surface area contributed by atoms with E-state index >= 15 is 0 Å². The van der Waals surface area contributed by atoms with Crippen molar-refractivity contribution >= 4 is 11.6 Å². The molecule has 0 fully saturated rings. The van der Waals surface area contributed by atoms with Gasteiger partial charge in [0.25, 0.3) is 0 Å². The maximum Gasteiger partial charge on any atom is 0.0446 e. The van der Waals surface area contributed by atoms with Crippen LogP contribution in [-0.2, 0) is 0 Å². The highest BCUT2D eigenvalue weighted by Crippen LogP contribution is 2.24. The number of aromatic nitrogens is 1. The molecule has 0 saturated heterocycles. The number of hydrogen-bond donors (Lipinski definition) is 0. The van der Waals surface area contributed by atoms with Crippen molar-refractivity contribution in [1.29, 1.82) is 0 Å². The SMILES string of the molecule is CCCC(Cl)C(C)c1ccccn1. The highest BCUT2D eigenvalue weighted by molar-refractivity contribution is 6.21. The van der Waals surface area contributed by atoms with Gasteiger partial charge in [-0.15, -0.1) is 11.6 Å². The Morgan fingerprint density at radius 2 is 2.23 bits per heavy atom. The molecule has 2 heteroatoms. The molecular weight excluding hydrogens is 182 g/mol. The molecule has 1 rings (SSSR count). The second-order valence-corrected chi connectivity index (χ2v) is 3.91. The van der Waals surface area contributed by atoms with Crippen LogP contribution in [0.25, 0.3) is 0 Å². The van der Waals surface area contributed by atoms with E-state index in [1.807, 2.05) is 24.4 Å². The molecule has 1 aromatic heterocycles. The maximum atomic E-state index is 6.23. The van der Waals surface area contributed by atoms with E-state index in [1.165, 1.54) is 0 Å². The van der Waals surface area contributed by atoms with E-state index in [2.05, 4.69) is 18.8 Å². The van der Waals surface area contributed by atoms with Crippen molar-refractivity contribution < 1.29 is 0 Å². The van der Waals surface area contributed by atoms with Crippen LogP contribution in [0.4, 0.5) is 0 Å². The zero-order chi connectivity index (χ0) is 9.68. The van der Waals surface area contributed by atoms with Crippen LogP contribution < -0.4 is 0 Å². The summed E-state index contributed by atoms with van der Waals surface area (Å²) in [7, 11) is 0. The Morgan fingerprint density at radius 1 is 1.46 bits per heavy atom. The van der Waals surface area contributed by atoms with Crippen LogP contribution in [0.3, 0.4) is 0 Å². The predicted molar refractivity (Wildman–Crippen MR) is 57.2 cm³/mol. The van der Waals surface area contributed by atoms with Gasteiger partial charge in [-0.05, 0) is 18.6 Å². The molecule has 72 valence electrons. The zero-order valence-electron chi connectivity index (χ0n) is 8.20. The van der Waals surface area contributed by atoms with E-state index < -0.39 is 0 Å². The Kier molecular flexibility index (Phi) is 4.23. The van der Waals surface area contributed by atoms with E-state index in [9.17, 15) is 0 Å². The van der Waals surface area contributed by atoms with Crippen LogP contribution in [0.2, 0.25) is 0 Å². The molecule has 0 saturated carbocycles. The third-order valence-corrected chi connectivity index (χ3v) is 2.86. The molecule has 0 aliphatic carbocycles. The molecule has 0 amide bonds. The standard InChI is InChI=1S/C11H16ClN/c1-3-6-10(12)9(2)11-7-4-5-8-13-11/h4-5,7-10H,3,6H2,1-2H3. The minimum atomic E-state index is 0.208. The molecule has 13 heavy (non-hydrogen) atoms. The first-order valence-electron chi connectivity index (χ1n) is 4.80. The molecule has 0 aliphatic rings. The number of alkyl halides is 1. The minimum Gasteiger partial charge on any atom is -0.261 e. The molecule has 0 N–H and O–H groups in total. The summed E-state index contributed by atoms with van der Waals surface area (Å²) >= 11 is 6.23. The smallest absolute Gasteiger partial charge is 0.0446 e. The van der Waals surface area contributed by atoms with Crippen molar-refractivity contribution in [2.75, 3.05) is 0 Å². The number of rotatable bonds is 4. The highest BCUT2D eigenvalue weighted by atomic mass is 35.5. The van der Waals surface area contributed by atoms with Gasteiger partial charge in [-0.2, -0.15) is 0 Å². The molecule has 2 unspecified atom stereocenters. The summed E-state index contributed by atoms with van der Waals surface area (Å²) in [5.41, 5.74) is 1.09. The summed E-state index contributed by atoms with van der Waals surface area (Å²) in [4.78, 5) is 4.30. The minimum absolute atomic E-state index is 0.208. The van der Waals surface area contributed by atoms with Crippen molar-refractivity contribution in [3.63, 3.8) is 0 Å². The lowest BCUT2D eigenvalue weighted by molar-refractivity contribution is 0.620. The summed E-state index contributed by atoms with van der Waals surface area (Å²) in [5, 5.41) is 0.208. The van der Waals surface area contributed by atoms with Gasteiger partial charge in [-0.3, -0.25) is 4.98 Å². The summed E-state index contributed by atoms with van der Waals surface area (Å²) in [6, 6.07) is 5.98. The fourth-order valence-electron chi connectivity index (χ4n) is 1.36. The molecule has 2 atom stereocenters. The van der Waals surface area contributed by atoms with Gasteiger partial charge in [0.2, 0.25) is 0 Å². The van der Waals surface area contributed by atoms with Gasteiger partial charge in [0.05, 0.1) is 0 Å². The molecule has 0 aromatic carbocycles. The topological polar surface area (TPSA) is 12.9 Å². The van der Waals surface area contributed by atoms with Crippen LogP contribution in [0.5, 0.6) is 0 Å². The maximum absolute atomic E-state index is 6.23. The summed E-state index contributed by atoms with van der Waals surface area (Å²) in [6.45, 7) is 4.29. The van der Waals surface area contributed by atoms with Crippen molar-refractivity contribution in [3.8, 4) is 0 Å². The number of halogens is 1. The monoisotopic (exact) mass is 197 g/mol. The van der Waals surface area contributed by atoms with Crippen LogP contribution >= 0.6 is 11.6 Å². The Bertz CT molecular complexity index is 235. The average molecular weight is 198 g/mol. The van der Waals surface area contributed by atoms with E-state index in [4.69, 9.17) is 11.6 Å². The van der Waals surface area contributed by atoms with Gasteiger partial charge in [0.15, 0.2) is 0 Å². The van der Waals surface area contributed by atoms with Gasteiger partial charge in [-0.1, -0.05) is 26.3 Å². The molecule has 0 bridgehead atoms. The summed E-state index contributed by atoms with van der Waals surface area (Å²) < 4.78 is 0. The Balaban J connectivity index is 2.62. The van der Waals surface area contributed by atoms with Crippen LogP contribution in [-0.4, -0.2) is 10.4 Å². The normalized spacial score (nSPS) is 15.3. The Morgan fingerprint density at radius 3 is 2.77 bits per heavy atom. The third-order valence-electron chi connectivity index (χ3n) is 2.26. The third kappa shape index (κ3) is 3.00. The van der Waals surface area contributed by atoms with Crippen LogP contribution in [0, 0.1) is 0 Å². The highest BCUT2D eigenvalue weighted by Gasteiger charge is 2.15. The van der Waals surface area contributed by atoms with Crippen LogP contribution in [0.1, 0.15) is 38.3 Å². The number of pyridine rings is 1. The molecule has 1 heterocycles. The number of hydrogen-bond acceptors (Lipinski definition) is 1. The average Bonchev–Trinajstić information content (AvgIpc) is 2.18. The predicted octanol–water partition coefficient (Wildman–Crippen LogP) is 3.59. The van der Waals surface area contributed by atoms with Gasteiger partial charge < -0.3 is 0 Å². The fourth-order valence-corrected chi connectivity index (χ4v) is 1.70. The van der Waals surface area contributed by atoms with E-state index in [1.54, 1.807) is 0 Å². The Labute approximate surface area is 85.1 Å². The lowest BCUT2D eigenvalue weighted by Crippen LogP contribution is -2.10. The lowest BCUT2D eigenvalue weighted by atomic mass is 10.00. The van der Waals surface area contributed by atoms with Gasteiger partial charge in [0.1, 0.15) is 0 Å². The lowest BCUT2D eigenvalue weighted by Gasteiger charge is -2.16. The largest absolute Gasteiger partial charge is 0.261 e. The van der Waals surface area contributed by atoms with Crippen molar-refractivity contribution in [3.05, 3.63) is 30.1 Å². The first-order chi connectivity index (χ1) is 6.25. The first-order valence-corrected chi connectivity index (χ1v) is 5.24. The van der Waals surface area contributed by atoms with Crippen molar-refractivity contribution in [2.24, 2.45) is 0 Å². The van der Waals surface area contributed by atoms with E-state index in [-0.39, 0.29) is 5.38 Å². The molecule has 0 spiro atoms. The summed E-state index contributed by atoms with van der Waals surface area (Å²) in [6.07, 6.45) is 4.01. The quantitative estimate of drug-likeness (QED) is 0.673. The van der Waals surface area contributed by atoms with Crippen molar-refractivity contribution in [2.45, 2.75) is 38.0 Å². The van der Waals surface area contributed by atoms with Gasteiger partial charge >= 0.3 is 0 Å². The molecular formula is C11H16ClN. The van der Waals surface area contributed by atoms with Gasteiger partial charge in [-0.25, -0.2) is 0 Å². The second-order valence-electron chi connectivity index (χ2n) is 3.35. The van der Waals surface area contributed by atoms with Crippen molar-refractivity contribution in [1.82, 2.24) is 4.98 Å². The fraction of sp³-hybridized carbons (Fsp3) is 0.545.